The number of ether oxygens (including phenoxy) is 1. The number of hydrogen-bond acceptors (Lipinski definition) is 3. The predicted octanol–water partition coefficient (Wildman–Crippen LogP) is 3.82. The van der Waals surface area contributed by atoms with Crippen molar-refractivity contribution in [3.63, 3.8) is 0 Å². The Morgan fingerprint density at radius 3 is 2.76 bits per heavy atom. The van der Waals surface area contributed by atoms with Gasteiger partial charge in [-0.25, -0.2) is 4.98 Å². The molecule has 110 valence electrons. The lowest BCUT2D eigenvalue weighted by atomic mass is 10.1. The van der Waals surface area contributed by atoms with Crippen LogP contribution >= 0.6 is 0 Å². The summed E-state index contributed by atoms with van der Waals surface area (Å²) in [6, 6.07) is 15.3. The Morgan fingerprint density at radius 2 is 2.05 bits per heavy atom. The van der Waals surface area contributed by atoms with Gasteiger partial charge in [0, 0.05) is 24.8 Å². The topological polar surface area (TPSA) is 25.4 Å². The molecule has 1 aromatic carbocycles. The highest BCUT2D eigenvalue weighted by Crippen LogP contribution is 2.33. The highest BCUT2D eigenvalue weighted by molar-refractivity contribution is 5.22. The van der Waals surface area contributed by atoms with E-state index >= 15 is 0 Å². The van der Waals surface area contributed by atoms with Crippen LogP contribution in [0.1, 0.15) is 36.9 Å². The third-order valence-corrected chi connectivity index (χ3v) is 4.03. The van der Waals surface area contributed by atoms with Gasteiger partial charge < -0.3 is 4.74 Å². The van der Waals surface area contributed by atoms with Crippen LogP contribution in [0.2, 0.25) is 0 Å². The van der Waals surface area contributed by atoms with E-state index in [0.717, 1.165) is 13.1 Å². The number of nitrogens with zero attached hydrogens (tertiary/aromatic N) is 2. The summed E-state index contributed by atoms with van der Waals surface area (Å²) in [5.41, 5.74) is 2.68. The molecular formula is C18H22N2O. The van der Waals surface area contributed by atoms with Crippen LogP contribution in [-0.4, -0.2) is 23.0 Å². The first-order valence-electron chi connectivity index (χ1n) is 7.73. The number of rotatable bonds is 5. The molecule has 1 fully saturated rings. The maximum atomic E-state index is 5.42. The first-order valence-corrected chi connectivity index (χ1v) is 7.73. The van der Waals surface area contributed by atoms with Gasteiger partial charge in [0.05, 0.1) is 6.61 Å². The zero-order valence-corrected chi connectivity index (χ0v) is 12.5. The summed E-state index contributed by atoms with van der Waals surface area (Å²) in [5, 5.41) is 0. The van der Waals surface area contributed by atoms with E-state index in [1.165, 1.54) is 24.0 Å². The van der Waals surface area contributed by atoms with Gasteiger partial charge >= 0.3 is 0 Å². The van der Waals surface area contributed by atoms with Gasteiger partial charge in [0.25, 0.3) is 0 Å². The molecule has 0 N–H and O–H groups in total. The minimum Gasteiger partial charge on any atom is -0.478 e. The van der Waals surface area contributed by atoms with Crippen LogP contribution in [0.15, 0.2) is 48.7 Å². The average Bonchev–Trinajstić information content (AvgIpc) is 2.98. The van der Waals surface area contributed by atoms with Gasteiger partial charge in [0.2, 0.25) is 5.88 Å². The predicted molar refractivity (Wildman–Crippen MR) is 84.2 cm³/mol. The Morgan fingerprint density at radius 1 is 1.19 bits per heavy atom. The summed E-state index contributed by atoms with van der Waals surface area (Å²) in [5.74, 6) is 0.717. The summed E-state index contributed by atoms with van der Waals surface area (Å²) in [6.45, 7) is 4.82. The second kappa shape index (κ2) is 6.72. The fraction of sp³-hybridized carbons (Fsp3) is 0.389. The second-order valence-corrected chi connectivity index (χ2v) is 5.48. The standard InChI is InChI=1S/C18H22N2O/c1-2-21-18-11-10-16(13-19-18)17-9-6-12-20(17)14-15-7-4-3-5-8-15/h3-5,7-8,10-11,13,17H,2,6,9,12,14H2,1H3/t17-/m1/s1. The van der Waals surface area contributed by atoms with Gasteiger partial charge in [-0.2, -0.15) is 0 Å². The molecule has 0 radical (unpaired) electrons. The summed E-state index contributed by atoms with van der Waals surface area (Å²) < 4.78 is 5.42. The number of benzene rings is 1. The molecule has 2 aromatic rings. The Kier molecular flexibility index (Phi) is 4.51. The van der Waals surface area contributed by atoms with Gasteiger partial charge in [-0.1, -0.05) is 36.4 Å². The largest absolute Gasteiger partial charge is 0.478 e. The molecule has 1 aromatic heterocycles. The van der Waals surface area contributed by atoms with Crippen molar-refractivity contribution in [2.75, 3.05) is 13.2 Å². The van der Waals surface area contributed by atoms with Gasteiger partial charge in [-0.15, -0.1) is 0 Å². The zero-order valence-electron chi connectivity index (χ0n) is 12.5. The second-order valence-electron chi connectivity index (χ2n) is 5.48. The molecule has 2 heterocycles. The molecule has 0 bridgehead atoms. The van der Waals surface area contributed by atoms with Crippen molar-refractivity contribution in [3.05, 3.63) is 59.8 Å². The molecule has 0 spiro atoms. The van der Waals surface area contributed by atoms with Crippen molar-refractivity contribution in [2.45, 2.75) is 32.4 Å². The van der Waals surface area contributed by atoms with Crippen LogP contribution in [0, 0.1) is 0 Å². The average molecular weight is 282 g/mol. The van der Waals surface area contributed by atoms with Crippen molar-refractivity contribution < 1.29 is 4.74 Å². The molecule has 1 atom stereocenters. The van der Waals surface area contributed by atoms with Gasteiger partial charge in [0.1, 0.15) is 0 Å². The van der Waals surface area contributed by atoms with E-state index in [1.807, 2.05) is 19.2 Å². The maximum absolute atomic E-state index is 5.42. The smallest absolute Gasteiger partial charge is 0.213 e. The molecule has 0 amide bonds. The van der Waals surface area contributed by atoms with E-state index in [-0.39, 0.29) is 0 Å². The molecule has 1 aliphatic heterocycles. The lowest BCUT2D eigenvalue weighted by Crippen LogP contribution is -2.22. The minimum atomic E-state index is 0.480. The van der Waals surface area contributed by atoms with E-state index < -0.39 is 0 Å². The minimum absolute atomic E-state index is 0.480. The number of hydrogen-bond donors (Lipinski definition) is 0. The van der Waals surface area contributed by atoms with Crippen molar-refractivity contribution >= 4 is 0 Å². The van der Waals surface area contributed by atoms with E-state index in [1.54, 1.807) is 0 Å². The fourth-order valence-electron chi connectivity index (χ4n) is 3.03. The van der Waals surface area contributed by atoms with Gasteiger partial charge in [-0.05, 0) is 37.4 Å². The van der Waals surface area contributed by atoms with E-state index in [9.17, 15) is 0 Å². The monoisotopic (exact) mass is 282 g/mol. The van der Waals surface area contributed by atoms with Crippen molar-refractivity contribution in [2.24, 2.45) is 0 Å². The molecule has 0 saturated carbocycles. The summed E-state index contributed by atoms with van der Waals surface area (Å²) in [7, 11) is 0. The summed E-state index contributed by atoms with van der Waals surface area (Å²) in [4.78, 5) is 6.95. The third kappa shape index (κ3) is 3.42. The van der Waals surface area contributed by atoms with Crippen LogP contribution in [0.5, 0.6) is 5.88 Å². The van der Waals surface area contributed by atoms with Crippen LogP contribution in [0.4, 0.5) is 0 Å². The molecule has 3 heteroatoms. The highest BCUT2D eigenvalue weighted by atomic mass is 16.5. The van der Waals surface area contributed by atoms with Crippen LogP contribution in [0.3, 0.4) is 0 Å². The van der Waals surface area contributed by atoms with E-state index in [4.69, 9.17) is 4.74 Å². The van der Waals surface area contributed by atoms with Crippen LogP contribution < -0.4 is 4.74 Å². The quantitative estimate of drug-likeness (QED) is 0.833. The molecule has 0 aliphatic carbocycles. The molecular weight excluding hydrogens is 260 g/mol. The van der Waals surface area contributed by atoms with Crippen LogP contribution in [0.25, 0.3) is 0 Å². The zero-order chi connectivity index (χ0) is 14.5. The molecule has 1 saturated heterocycles. The summed E-state index contributed by atoms with van der Waals surface area (Å²) in [6.07, 6.45) is 4.44. The van der Waals surface area contributed by atoms with Gasteiger partial charge in [0.15, 0.2) is 0 Å². The SMILES string of the molecule is CCOc1ccc([C@H]2CCCN2Cc2ccccc2)cn1. The van der Waals surface area contributed by atoms with Crippen molar-refractivity contribution in [1.82, 2.24) is 9.88 Å². The summed E-state index contributed by atoms with van der Waals surface area (Å²) >= 11 is 0. The Balaban J connectivity index is 1.71. The van der Waals surface area contributed by atoms with E-state index in [0.29, 0.717) is 18.5 Å². The number of pyridine rings is 1. The fourth-order valence-corrected chi connectivity index (χ4v) is 3.03. The Bertz CT molecular complexity index is 553. The first-order chi connectivity index (χ1) is 10.4. The molecule has 1 aliphatic rings. The lowest BCUT2D eigenvalue weighted by molar-refractivity contribution is 0.247. The van der Waals surface area contributed by atoms with Gasteiger partial charge in [-0.3, -0.25) is 4.90 Å². The van der Waals surface area contributed by atoms with Crippen molar-refractivity contribution in [1.29, 1.82) is 0 Å². The lowest BCUT2D eigenvalue weighted by Gasteiger charge is -2.24. The number of aromatic nitrogens is 1. The first kappa shape index (κ1) is 14.1. The highest BCUT2D eigenvalue weighted by Gasteiger charge is 2.26. The molecule has 0 unspecified atom stereocenters. The molecule has 3 nitrogen and oxygen atoms in total. The Hall–Kier alpha value is -1.87. The molecule has 21 heavy (non-hydrogen) atoms. The molecule has 3 rings (SSSR count). The van der Waals surface area contributed by atoms with Crippen molar-refractivity contribution in [3.8, 4) is 5.88 Å². The van der Waals surface area contributed by atoms with E-state index in [2.05, 4.69) is 46.3 Å². The Labute approximate surface area is 126 Å². The third-order valence-electron chi connectivity index (χ3n) is 4.03. The normalized spacial score (nSPS) is 18.8. The van der Waals surface area contributed by atoms with Crippen LogP contribution in [-0.2, 0) is 6.54 Å². The number of likely N-dealkylation sites (tertiary alicyclic amines) is 1. The maximum Gasteiger partial charge on any atom is 0.213 e.